The average molecular weight is 292 g/mol. The zero-order valence-corrected chi connectivity index (χ0v) is 11.2. The van der Waals surface area contributed by atoms with Crippen molar-refractivity contribution >= 4 is 21.6 Å². The van der Waals surface area contributed by atoms with Crippen molar-refractivity contribution in [2.45, 2.75) is 25.7 Å². The second kappa shape index (κ2) is 3.88. The minimum Gasteiger partial charge on any atom is -0.396 e. The topological polar surface area (TPSA) is 43.8 Å². The van der Waals surface area contributed by atoms with Crippen molar-refractivity contribution in [1.82, 2.24) is 9.78 Å². The first kappa shape index (κ1) is 10.8. The van der Waals surface area contributed by atoms with Crippen molar-refractivity contribution in [3.63, 3.8) is 0 Å². The Kier molecular flexibility index (Phi) is 2.47. The minimum atomic E-state index is 0.597. The molecule has 0 saturated heterocycles. The number of hydrogen-bond donors (Lipinski definition) is 1. The van der Waals surface area contributed by atoms with Crippen LogP contribution in [0.4, 0.5) is 5.69 Å². The molecular formula is C13H14BrN3. The van der Waals surface area contributed by atoms with Crippen LogP contribution in [0, 0.1) is 6.92 Å². The molecule has 0 spiro atoms. The molecule has 0 bridgehead atoms. The van der Waals surface area contributed by atoms with Gasteiger partial charge >= 0.3 is 0 Å². The van der Waals surface area contributed by atoms with Crippen LogP contribution in [0.5, 0.6) is 0 Å². The molecule has 1 aromatic heterocycles. The molecule has 1 heterocycles. The molecule has 1 aromatic carbocycles. The van der Waals surface area contributed by atoms with Gasteiger partial charge in [0.1, 0.15) is 0 Å². The molecule has 88 valence electrons. The van der Waals surface area contributed by atoms with E-state index >= 15 is 0 Å². The number of benzene rings is 1. The van der Waals surface area contributed by atoms with Gasteiger partial charge in [0.2, 0.25) is 0 Å². The minimum absolute atomic E-state index is 0.597. The third-order valence-corrected chi connectivity index (χ3v) is 3.71. The van der Waals surface area contributed by atoms with Crippen LogP contribution < -0.4 is 5.73 Å². The lowest BCUT2D eigenvalue weighted by Gasteiger charge is -2.07. The molecule has 3 rings (SSSR count). The number of halogens is 1. The van der Waals surface area contributed by atoms with Gasteiger partial charge in [-0.05, 0) is 44.0 Å². The zero-order valence-electron chi connectivity index (χ0n) is 9.65. The van der Waals surface area contributed by atoms with Gasteiger partial charge in [0.15, 0.2) is 0 Å². The SMILES string of the molecule is Cc1nn(-c2ccc(Br)cc2)c(C2CC2)c1N. The zero-order chi connectivity index (χ0) is 12.0. The first-order valence-electron chi connectivity index (χ1n) is 5.78. The van der Waals surface area contributed by atoms with Gasteiger partial charge in [0.25, 0.3) is 0 Å². The summed E-state index contributed by atoms with van der Waals surface area (Å²) in [6.07, 6.45) is 2.46. The van der Waals surface area contributed by atoms with Crippen LogP contribution in [-0.4, -0.2) is 9.78 Å². The van der Waals surface area contributed by atoms with E-state index in [1.165, 1.54) is 18.5 Å². The fourth-order valence-electron chi connectivity index (χ4n) is 2.09. The molecule has 4 heteroatoms. The van der Waals surface area contributed by atoms with Crippen molar-refractivity contribution in [3.8, 4) is 5.69 Å². The average Bonchev–Trinajstić information content (AvgIpc) is 3.09. The molecule has 1 saturated carbocycles. The number of aryl methyl sites for hydroxylation is 1. The quantitative estimate of drug-likeness (QED) is 0.922. The summed E-state index contributed by atoms with van der Waals surface area (Å²) in [6, 6.07) is 8.17. The van der Waals surface area contributed by atoms with E-state index in [1.807, 2.05) is 23.7 Å². The van der Waals surface area contributed by atoms with Crippen LogP contribution in [0.3, 0.4) is 0 Å². The van der Waals surface area contributed by atoms with Crippen molar-refractivity contribution < 1.29 is 0 Å². The molecule has 1 fully saturated rings. The molecule has 0 unspecified atom stereocenters. The number of rotatable bonds is 2. The largest absolute Gasteiger partial charge is 0.396 e. The van der Waals surface area contributed by atoms with Crippen LogP contribution in [-0.2, 0) is 0 Å². The van der Waals surface area contributed by atoms with E-state index in [4.69, 9.17) is 5.73 Å². The van der Waals surface area contributed by atoms with Gasteiger partial charge in [0.05, 0.1) is 22.8 Å². The lowest BCUT2D eigenvalue weighted by Crippen LogP contribution is -2.02. The van der Waals surface area contributed by atoms with Crippen LogP contribution in [0.25, 0.3) is 5.69 Å². The standard InChI is InChI=1S/C13H14BrN3/c1-8-12(15)13(9-2-3-9)17(16-8)11-6-4-10(14)5-7-11/h4-7,9H,2-3,15H2,1H3. The van der Waals surface area contributed by atoms with Crippen molar-refractivity contribution in [2.24, 2.45) is 0 Å². The van der Waals surface area contributed by atoms with Crippen molar-refractivity contribution in [1.29, 1.82) is 0 Å². The molecule has 0 amide bonds. The van der Waals surface area contributed by atoms with E-state index in [2.05, 4.69) is 33.2 Å². The molecular weight excluding hydrogens is 278 g/mol. The smallest absolute Gasteiger partial charge is 0.0830 e. The number of nitrogens with two attached hydrogens (primary N) is 1. The molecule has 0 aliphatic heterocycles. The van der Waals surface area contributed by atoms with Crippen LogP contribution in [0.2, 0.25) is 0 Å². The maximum Gasteiger partial charge on any atom is 0.0830 e. The number of nitrogens with zero attached hydrogens (tertiary/aromatic N) is 2. The summed E-state index contributed by atoms with van der Waals surface area (Å²) in [5.41, 5.74) is 10.2. The van der Waals surface area contributed by atoms with Gasteiger partial charge in [-0.2, -0.15) is 5.10 Å². The Morgan fingerprint density at radius 2 is 1.94 bits per heavy atom. The molecule has 0 atom stereocenters. The third-order valence-electron chi connectivity index (χ3n) is 3.18. The number of anilines is 1. The highest BCUT2D eigenvalue weighted by molar-refractivity contribution is 9.10. The summed E-state index contributed by atoms with van der Waals surface area (Å²) in [6.45, 7) is 1.97. The van der Waals surface area contributed by atoms with E-state index in [1.54, 1.807) is 0 Å². The number of nitrogen functional groups attached to an aromatic ring is 1. The Labute approximate surface area is 109 Å². The summed E-state index contributed by atoms with van der Waals surface area (Å²) in [5.74, 6) is 0.597. The fraction of sp³-hybridized carbons (Fsp3) is 0.308. The van der Waals surface area contributed by atoms with E-state index in [0.717, 1.165) is 21.5 Å². The lowest BCUT2D eigenvalue weighted by molar-refractivity contribution is 0.800. The molecule has 1 aliphatic carbocycles. The van der Waals surface area contributed by atoms with Gasteiger partial charge < -0.3 is 5.73 Å². The van der Waals surface area contributed by atoms with E-state index in [-0.39, 0.29) is 0 Å². The van der Waals surface area contributed by atoms with Gasteiger partial charge in [-0.3, -0.25) is 0 Å². The van der Waals surface area contributed by atoms with E-state index in [0.29, 0.717) is 5.92 Å². The fourth-order valence-corrected chi connectivity index (χ4v) is 2.35. The third kappa shape index (κ3) is 1.86. The highest BCUT2D eigenvalue weighted by atomic mass is 79.9. The van der Waals surface area contributed by atoms with E-state index in [9.17, 15) is 0 Å². The highest BCUT2D eigenvalue weighted by Crippen LogP contribution is 2.44. The number of aromatic nitrogens is 2. The van der Waals surface area contributed by atoms with E-state index < -0.39 is 0 Å². The molecule has 1 aliphatic rings. The Morgan fingerprint density at radius 3 is 2.53 bits per heavy atom. The van der Waals surface area contributed by atoms with Crippen LogP contribution >= 0.6 is 15.9 Å². The monoisotopic (exact) mass is 291 g/mol. The molecule has 2 N–H and O–H groups in total. The van der Waals surface area contributed by atoms with Gasteiger partial charge in [-0.1, -0.05) is 15.9 Å². The summed E-state index contributed by atoms with van der Waals surface area (Å²) in [4.78, 5) is 0. The maximum atomic E-state index is 6.12. The lowest BCUT2D eigenvalue weighted by atomic mass is 10.2. The Bertz CT molecular complexity index is 553. The molecule has 2 aromatic rings. The second-order valence-electron chi connectivity index (χ2n) is 4.55. The van der Waals surface area contributed by atoms with Crippen LogP contribution in [0.15, 0.2) is 28.7 Å². The summed E-state index contributed by atoms with van der Waals surface area (Å²) < 4.78 is 3.07. The Hall–Kier alpha value is -1.29. The Balaban J connectivity index is 2.13. The highest BCUT2D eigenvalue weighted by Gasteiger charge is 2.31. The predicted molar refractivity (Wildman–Crippen MR) is 72.4 cm³/mol. The summed E-state index contributed by atoms with van der Waals surface area (Å²) in [5, 5.41) is 4.55. The Morgan fingerprint density at radius 1 is 1.29 bits per heavy atom. The molecule has 17 heavy (non-hydrogen) atoms. The van der Waals surface area contributed by atoms with Crippen molar-refractivity contribution in [2.75, 3.05) is 5.73 Å². The van der Waals surface area contributed by atoms with Gasteiger partial charge in [-0.15, -0.1) is 0 Å². The predicted octanol–water partition coefficient (Wildman–Crippen LogP) is 3.40. The van der Waals surface area contributed by atoms with Crippen LogP contribution in [0.1, 0.15) is 30.1 Å². The van der Waals surface area contributed by atoms with Gasteiger partial charge in [0, 0.05) is 10.4 Å². The maximum absolute atomic E-state index is 6.12. The first-order chi connectivity index (χ1) is 8.16. The second-order valence-corrected chi connectivity index (χ2v) is 5.46. The van der Waals surface area contributed by atoms with Gasteiger partial charge in [-0.25, -0.2) is 4.68 Å². The summed E-state index contributed by atoms with van der Waals surface area (Å²) in [7, 11) is 0. The normalized spacial score (nSPS) is 15.2. The molecule has 0 radical (unpaired) electrons. The number of hydrogen-bond acceptors (Lipinski definition) is 2. The van der Waals surface area contributed by atoms with Crippen molar-refractivity contribution in [3.05, 3.63) is 40.1 Å². The first-order valence-corrected chi connectivity index (χ1v) is 6.57. The summed E-state index contributed by atoms with van der Waals surface area (Å²) >= 11 is 3.44. The molecule has 3 nitrogen and oxygen atoms in total.